The van der Waals surface area contributed by atoms with Crippen LogP contribution in [0.25, 0.3) is 0 Å². The average molecular weight is 313 g/mol. The van der Waals surface area contributed by atoms with E-state index in [1.807, 2.05) is 6.07 Å². The summed E-state index contributed by atoms with van der Waals surface area (Å²) >= 11 is 3.58. The largest absolute Gasteiger partial charge is 0.396 e. The summed E-state index contributed by atoms with van der Waals surface area (Å²) in [6, 6.07) is 6.86. The predicted octanol–water partition coefficient (Wildman–Crippen LogP) is 2.65. The van der Waals surface area contributed by atoms with E-state index in [1.165, 1.54) is 30.5 Å². The lowest BCUT2D eigenvalue weighted by atomic mass is 9.90. The monoisotopic (exact) mass is 312 g/mol. The lowest BCUT2D eigenvalue weighted by molar-refractivity contribution is 0.283. The number of nitrogens with two attached hydrogens (primary N) is 1. The molecule has 0 unspecified atom stereocenters. The number of aliphatic hydroxyl groups is 1. The van der Waals surface area contributed by atoms with Crippen molar-refractivity contribution in [2.24, 2.45) is 5.73 Å². The highest BCUT2D eigenvalue weighted by Crippen LogP contribution is 2.34. The molecule has 0 aliphatic heterocycles. The van der Waals surface area contributed by atoms with Gasteiger partial charge in [-0.05, 0) is 37.8 Å². The van der Waals surface area contributed by atoms with Gasteiger partial charge in [-0.15, -0.1) is 0 Å². The van der Waals surface area contributed by atoms with Crippen molar-refractivity contribution in [2.45, 2.75) is 38.3 Å². The highest BCUT2D eigenvalue weighted by Gasteiger charge is 2.26. The van der Waals surface area contributed by atoms with Crippen molar-refractivity contribution in [3.05, 3.63) is 28.2 Å². The normalized spacial score (nSPS) is 15.5. The van der Waals surface area contributed by atoms with E-state index in [0.29, 0.717) is 12.6 Å². The van der Waals surface area contributed by atoms with Gasteiger partial charge in [0.05, 0.1) is 0 Å². The maximum absolute atomic E-state index is 9.06. The summed E-state index contributed by atoms with van der Waals surface area (Å²) in [5.74, 6) is 0. The zero-order valence-electron chi connectivity index (χ0n) is 10.6. The smallest absolute Gasteiger partial charge is 0.0447 e. The first-order chi connectivity index (χ1) is 8.77. The Bertz CT molecular complexity index is 393. The molecule has 1 aliphatic rings. The molecule has 0 spiro atoms. The van der Waals surface area contributed by atoms with Gasteiger partial charge in [0.2, 0.25) is 0 Å². The van der Waals surface area contributed by atoms with E-state index >= 15 is 0 Å². The minimum atomic E-state index is 0.245. The van der Waals surface area contributed by atoms with E-state index in [-0.39, 0.29) is 6.61 Å². The van der Waals surface area contributed by atoms with Crippen LogP contribution in [0.15, 0.2) is 22.7 Å². The zero-order valence-corrected chi connectivity index (χ0v) is 12.2. The molecule has 3 nitrogen and oxygen atoms in total. The first-order valence-corrected chi connectivity index (χ1v) is 7.42. The Morgan fingerprint density at radius 2 is 2.17 bits per heavy atom. The minimum absolute atomic E-state index is 0.245. The van der Waals surface area contributed by atoms with Crippen LogP contribution in [-0.2, 0) is 6.54 Å². The standard InChI is InChI=1S/C14H21BrN2O/c15-13-6-2-7-14(12(13)10-16)17(8-3-9-18)11-4-1-5-11/h2,6-7,11,18H,1,3-5,8-10,16H2. The van der Waals surface area contributed by atoms with Gasteiger partial charge in [0, 0.05) is 41.5 Å². The van der Waals surface area contributed by atoms with Gasteiger partial charge in [-0.3, -0.25) is 0 Å². The first kappa shape index (κ1) is 13.8. The second-order valence-electron chi connectivity index (χ2n) is 4.80. The van der Waals surface area contributed by atoms with Crippen LogP contribution >= 0.6 is 15.9 Å². The molecule has 0 saturated heterocycles. The molecule has 1 fully saturated rings. The third-order valence-electron chi connectivity index (χ3n) is 3.68. The summed E-state index contributed by atoms with van der Waals surface area (Å²) in [4.78, 5) is 2.42. The molecule has 3 N–H and O–H groups in total. The molecular formula is C14H21BrN2O. The first-order valence-electron chi connectivity index (χ1n) is 6.63. The molecule has 18 heavy (non-hydrogen) atoms. The third-order valence-corrected chi connectivity index (χ3v) is 4.42. The summed E-state index contributed by atoms with van der Waals surface area (Å²) in [6.45, 7) is 1.69. The van der Waals surface area contributed by atoms with Gasteiger partial charge in [-0.2, -0.15) is 0 Å². The van der Waals surface area contributed by atoms with Crippen LogP contribution in [0, 0.1) is 0 Å². The Hall–Kier alpha value is -0.580. The Morgan fingerprint density at radius 1 is 1.39 bits per heavy atom. The van der Waals surface area contributed by atoms with Gasteiger partial charge in [0.15, 0.2) is 0 Å². The molecule has 1 saturated carbocycles. The van der Waals surface area contributed by atoms with Crippen molar-refractivity contribution in [2.75, 3.05) is 18.1 Å². The van der Waals surface area contributed by atoms with E-state index in [1.54, 1.807) is 0 Å². The van der Waals surface area contributed by atoms with Crippen molar-refractivity contribution in [1.82, 2.24) is 0 Å². The van der Waals surface area contributed by atoms with Crippen molar-refractivity contribution >= 4 is 21.6 Å². The van der Waals surface area contributed by atoms with Crippen LogP contribution in [0.2, 0.25) is 0 Å². The van der Waals surface area contributed by atoms with Gasteiger partial charge in [0.25, 0.3) is 0 Å². The number of nitrogens with zero attached hydrogens (tertiary/aromatic N) is 1. The summed E-state index contributed by atoms with van der Waals surface area (Å²) in [7, 11) is 0. The summed E-state index contributed by atoms with van der Waals surface area (Å²) in [5.41, 5.74) is 8.27. The summed E-state index contributed by atoms with van der Waals surface area (Å²) in [6.07, 6.45) is 4.63. The number of hydrogen-bond donors (Lipinski definition) is 2. The van der Waals surface area contributed by atoms with Crippen LogP contribution in [0.4, 0.5) is 5.69 Å². The van der Waals surface area contributed by atoms with Crippen LogP contribution in [0.5, 0.6) is 0 Å². The van der Waals surface area contributed by atoms with Crippen LogP contribution in [0.1, 0.15) is 31.2 Å². The number of anilines is 1. The molecule has 1 aromatic carbocycles. The molecule has 1 aliphatic carbocycles. The number of rotatable bonds is 6. The molecule has 0 amide bonds. The molecule has 0 bridgehead atoms. The maximum atomic E-state index is 9.06. The van der Waals surface area contributed by atoms with Crippen molar-refractivity contribution in [3.63, 3.8) is 0 Å². The van der Waals surface area contributed by atoms with Crippen molar-refractivity contribution in [1.29, 1.82) is 0 Å². The summed E-state index contributed by atoms with van der Waals surface area (Å²) < 4.78 is 1.08. The SMILES string of the molecule is NCc1c(Br)cccc1N(CCCO)C1CCC1. The summed E-state index contributed by atoms with van der Waals surface area (Å²) in [5, 5.41) is 9.06. The second-order valence-corrected chi connectivity index (χ2v) is 5.65. The Kier molecular flexibility index (Phi) is 5.03. The van der Waals surface area contributed by atoms with E-state index < -0.39 is 0 Å². The number of halogens is 1. The van der Waals surface area contributed by atoms with Gasteiger partial charge in [-0.1, -0.05) is 22.0 Å². The highest BCUT2D eigenvalue weighted by molar-refractivity contribution is 9.10. The van der Waals surface area contributed by atoms with Crippen LogP contribution in [-0.4, -0.2) is 24.3 Å². The fourth-order valence-electron chi connectivity index (χ4n) is 2.46. The molecular weight excluding hydrogens is 292 g/mol. The van der Waals surface area contributed by atoms with Crippen LogP contribution < -0.4 is 10.6 Å². The highest BCUT2D eigenvalue weighted by atomic mass is 79.9. The Balaban J connectivity index is 2.25. The molecule has 0 radical (unpaired) electrons. The fraction of sp³-hybridized carbons (Fsp3) is 0.571. The lowest BCUT2D eigenvalue weighted by Crippen LogP contribution is -2.41. The van der Waals surface area contributed by atoms with Crippen molar-refractivity contribution in [3.8, 4) is 0 Å². The predicted molar refractivity (Wildman–Crippen MR) is 78.7 cm³/mol. The quantitative estimate of drug-likeness (QED) is 0.849. The molecule has 2 rings (SSSR count). The fourth-order valence-corrected chi connectivity index (χ4v) is 2.98. The molecule has 0 aromatic heterocycles. The van der Waals surface area contributed by atoms with E-state index in [9.17, 15) is 0 Å². The Morgan fingerprint density at radius 3 is 2.72 bits per heavy atom. The maximum Gasteiger partial charge on any atom is 0.0447 e. The second kappa shape index (κ2) is 6.55. The number of benzene rings is 1. The van der Waals surface area contributed by atoms with E-state index in [4.69, 9.17) is 10.8 Å². The molecule has 0 atom stereocenters. The van der Waals surface area contributed by atoms with Crippen LogP contribution in [0.3, 0.4) is 0 Å². The molecule has 1 aromatic rings. The Labute approximate surface area is 117 Å². The molecule has 4 heteroatoms. The third kappa shape index (κ3) is 2.87. The lowest BCUT2D eigenvalue weighted by Gasteiger charge is -2.40. The molecule has 0 heterocycles. The van der Waals surface area contributed by atoms with E-state index in [0.717, 1.165) is 17.4 Å². The minimum Gasteiger partial charge on any atom is -0.396 e. The van der Waals surface area contributed by atoms with E-state index in [2.05, 4.69) is 33.0 Å². The van der Waals surface area contributed by atoms with Gasteiger partial charge in [0.1, 0.15) is 0 Å². The van der Waals surface area contributed by atoms with Gasteiger partial charge >= 0.3 is 0 Å². The number of hydrogen-bond acceptors (Lipinski definition) is 3. The number of aliphatic hydroxyl groups excluding tert-OH is 1. The van der Waals surface area contributed by atoms with Gasteiger partial charge < -0.3 is 15.7 Å². The molecule has 100 valence electrons. The zero-order chi connectivity index (χ0) is 13.0. The topological polar surface area (TPSA) is 49.5 Å². The average Bonchev–Trinajstić information content (AvgIpc) is 2.31. The van der Waals surface area contributed by atoms with Gasteiger partial charge in [-0.25, -0.2) is 0 Å². The van der Waals surface area contributed by atoms with Crippen molar-refractivity contribution < 1.29 is 5.11 Å².